The lowest BCUT2D eigenvalue weighted by atomic mass is 9.97. The van der Waals surface area contributed by atoms with Crippen molar-refractivity contribution in [3.05, 3.63) is 59.1 Å². The van der Waals surface area contributed by atoms with Gasteiger partial charge in [-0.15, -0.1) is 0 Å². The third kappa shape index (κ3) is 6.60. The van der Waals surface area contributed by atoms with Gasteiger partial charge in [-0.3, -0.25) is 9.59 Å². The number of hydrogen-bond donors (Lipinski definition) is 1. The monoisotopic (exact) mass is 446 g/mol. The van der Waals surface area contributed by atoms with Crippen LogP contribution in [-0.2, 0) is 20.7 Å². The zero-order valence-corrected chi connectivity index (χ0v) is 18.3. The Morgan fingerprint density at radius 2 is 1.74 bits per heavy atom. The molecule has 1 fully saturated rings. The summed E-state index contributed by atoms with van der Waals surface area (Å²) in [6, 6.07) is 14.4. The number of nitrogens with zero attached hydrogens (tertiary/aromatic N) is 1. The summed E-state index contributed by atoms with van der Waals surface area (Å²) in [5, 5.41) is 0.596. The van der Waals surface area contributed by atoms with E-state index in [0.717, 1.165) is 11.3 Å². The SMILES string of the molecule is CCOc1ccc(CC(=O)N2CCO[C@](COc3ccc(Cl)cc3)(CC(N)=O)C2)cc1. The molecule has 0 unspecified atom stereocenters. The second-order valence-electron chi connectivity index (χ2n) is 7.49. The molecule has 0 radical (unpaired) electrons. The van der Waals surface area contributed by atoms with Crippen LogP contribution in [0.3, 0.4) is 0 Å². The van der Waals surface area contributed by atoms with Crippen LogP contribution in [0, 0.1) is 0 Å². The fourth-order valence-corrected chi connectivity index (χ4v) is 3.65. The van der Waals surface area contributed by atoms with Crippen molar-refractivity contribution < 1.29 is 23.8 Å². The standard InChI is InChI=1S/C23H27ClN2O5/c1-2-29-19-7-3-17(4-8-19)13-22(28)26-11-12-31-23(15-26,14-21(25)27)16-30-20-9-5-18(24)6-10-20/h3-10H,2,11-16H2,1H3,(H2,25,27)/t23-/m1/s1. The van der Waals surface area contributed by atoms with Crippen LogP contribution in [0.4, 0.5) is 0 Å². The summed E-state index contributed by atoms with van der Waals surface area (Å²) in [5.74, 6) is 0.799. The van der Waals surface area contributed by atoms with Crippen LogP contribution in [0.2, 0.25) is 5.02 Å². The first-order valence-electron chi connectivity index (χ1n) is 10.2. The van der Waals surface area contributed by atoms with Gasteiger partial charge in [0.1, 0.15) is 23.7 Å². The number of carbonyl (C=O) groups excluding carboxylic acids is 2. The minimum Gasteiger partial charge on any atom is -0.494 e. The van der Waals surface area contributed by atoms with E-state index < -0.39 is 11.5 Å². The maximum atomic E-state index is 12.9. The Morgan fingerprint density at radius 3 is 2.39 bits per heavy atom. The molecule has 7 nitrogen and oxygen atoms in total. The zero-order chi connectivity index (χ0) is 22.3. The average Bonchev–Trinajstić information content (AvgIpc) is 2.75. The minimum absolute atomic E-state index is 0.0482. The lowest BCUT2D eigenvalue weighted by Crippen LogP contribution is -2.58. The minimum atomic E-state index is -1.00. The molecule has 3 rings (SSSR count). The van der Waals surface area contributed by atoms with Gasteiger partial charge in [0.05, 0.1) is 32.6 Å². The molecule has 0 bridgehead atoms. The second-order valence-corrected chi connectivity index (χ2v) is 7.92. The van der Waals surface area contributed by atoms with E-state index >= 15 is 0 Å². The van der Waals surface area contributed by atoms with Gasteiger partial charge in [0, 0.05) is 11.6 Å². The van der Waals surface area contributed by atoms with E-state index in [0.29, 0.717) is 30.5 Å². The first-order valence-corrected chi connectivity index (χ1v) is 10.6. The molecule has 0 aliphatic carbocycles. The number of benzene rings is 2. The summed E-state index contributed by atoms with van der Waals surface area (Å²) in [4.78, 5) is 26.4. The van der Waals surface area contributed by atoms with E-state index in [2.05, 4.69) is 0 Å². The van der Waals surface area contributed by atoms with Crippen LogP contribution in [-0.4, -0.2) is 55.2 Å². The lowest BCUT2D eigenvalue weighted by molar-refractivity contribution is -0.161. The number of hydrogen-bond acceptors (Lipinski definition) is 5. The topological polar surface area (TPSA) is 91.1 Å². The second kappa shape index (κ2) is 10.5. The molecule has 0 spiro atoms. The first-order chi connectivity index (χ1) is 14.9. The molecule has 1 aliphatic heterocycles. The molecule has 1 atom stereocenters. The van der Waals surface area contributed by atoms with Crippen LogP contribution >= 0.6 is 11.6 Å². The highest BCUT2D eigenvalue weighted by Crippen LogP contribution is 2.25. The van der Waals surface area contributed by atoms with Crippen molar-refractivity contribution in [1.82, 2.24) is 4.90 Å². The van der Waals surface area contributed by atoms with Crippen LogP contribution in [0.1, 0.15) is 18.9 Å². The molecular weight excluding hydrogens is 420 g/mol. The summed E-state index contributed by atoms with van der Waals surface area (Å²) in [6.07, 6.45) is 0.199. The Morgan fingerprint density at radius 1 is 1.10 bits per heavy atom. The third-order valence-electron chi connectivity index (χ3n) is 5.00. The van der Waals surface area contributed by atoms with Crippen molar-refractivity contribution in [2.45, 2.75) is 25.4 Å². The summed E-state index contributed by atoms with van der Waals surface area (Å²) in [6.45, 7) is 3.56. The molecule has 2 amide bonds. The van der Waals surface area contributed by atoms with Gasteiger partial charge in [-0.05, 0) is 48.9 Å². The molecule has 2 N–H and O–H groups in total. The summed E-state index contributed by atoms with van der Waals surface area (Å²) >= 11 is 5.91. The van der Waals surface area contributed by atoms with E-state index in [1.54, 1.807) is 29.2 Å². The van der Waals surface area contributed by atoms with E-state index in [-0.39, 0.29) is 31.9 Å². The van der Waals surface area contributed by atoms with Crippen molar-refractivity contribution >= 4 is 23.4 Å². The maximum absolute atomic E-state index is 12.9. The van der Waals surface area contributed by atoms with Crippen molar-refractivity contribution in [3.8, 4) is 11.5 Å². The van der Waals surface area contributed by atoms with Gasteiger partial charge < -0.3 is 24.8 Å². The molecule has 166 valence electrons. The molecule has 0 saturated carbocycles. The largest absolute Gasteiger partial charge is 0.494 e. The van der Waals surface area contributed by atoms with Gasteiger partial charge >= 0.3 is 0 Å². The molecule has 31 heavy (non-hydrogen) atoms. The lowest BCUT2D eigenvalue weighted by Gasteiger charge is -2.42. The van der Waals surface area contributed by atoms with Gasteiger partial charge in [0.2, 0.25) is 11.8 Å². The Bertz CT molecular complexity index is 888. The average molecular weight is 447 g/mol. The van der Waals surface area contributed by atoms with Crippen LogP contribution in [0.15, 0.2) is 48.5 Å². The Labute approximate surface area is 187 Å². The molecule has 2 aromatic rings. The van der Waals surface area contributed by atoms with E-state index in [1.807, 2.05) is 31.2 Å². The van der Waals surface area contributed by atoms with Crippen LogP contribution < -0.4 is 15.2 Å². The number of ether oxygens (including phenoxy) is 3. The maximum Gasteiger partial charge on any atom is 0.227 e. The molecule has 1 aliphatic rings. The number of carbonyl (C=O) groups is 2. The molecular formula is C23H27ClN2O5. The number of primary amides is 1. The predicted molar refractivity (Wildman–Crippen MR) is 117 cm³/mol. The quantitative estimate of drug-likeness (QED) is 0.639. The molecule has 1 heterocycles. The van der Waals surface area contributed by atoms with Crippen molar-refractivity contribution in [2.24, 2.45) is 5.73 Å². The summed E-state index contributed by atoms with van der Waals surface area (Å²) in [5.41, 5.74) is 5.36. The number of nitrogens with two attached hydrogens (primary N) is 1. The number of rotatable bonds is 9. The van der Waals surface area contributed by atoms with Crippen LogP contribution in [0.5, 0.6) is 11.5 Å². The van der Waals surface area contributed by atoms with E-state index in [4.69, 9.17) is 31.5 Å². The molecule has 1 saturated heterocycles. The van der Waals surface area contributed by atoms with Crippen LogP contribution in [0.25, 0.3) is 0 Å². The van der Waals surface area contributed by atoms with Crippen molar-refractivity contribution in [2.75, 3.05) is 32.9 Å². The van der Waals surface area contributed by atoms with Gasteiger partial charge in [-0.2, -0.15) is 0 Å². The first kappa shape index (κ1) is 22.9. The normalized spacial score (nSPS) is 18.5. The highest BCUT2D eigenvalue weighted by molar-refractivity contribution is 6.30. The van der Waals surface area contributed by atoms with E-state index in [1.165, 1.54) is 0 Å². The molecule has 8 heteroatoms. The number of amides is 2. The Balaban J connectivity index is 1.66. The van der Waals surface area contributed by atoms with Gasteiger partial charge in [0.25, 0.3) is 0 Å². The predicted octanol–water partition coefficient (Wildman–Crippen LogP) is 2.83. The third-order valence-corrected chi connectivity index (χ3v) is 5.25. The van der Waals surface area contributed by atoms with Gasteiger partial charge in [-0.1, -0.05) is 23.7 Å². The number of halogens is 1. The fourth-order valence-electron chi connectivity index (χ4n) is 3.52. The van der Waals surface area contributed by atoms with Gasteiger partial charge in [-0.25, -0.2) is 0 Å². The van der Waals surface area contributed by atoms with Crippen molar-refractivity contribution in [3.63, 3.8) is 0 Å². The van der Waals surface area contributed by atoms with Gasteiger partial charge in [0.15, 0.2) is 0 Å². The smallest absolute Gasteiger partial charge is 0.227 e. The van der Waals surface area contributed by atoms with E-state index in [9.17, 15) is 9.59 Å². The Hall–Kier alpha value is -2.77. The highest BCUT2D eigenvalue weighted by Gasteiger charge is 2.40. The molecule has 0 aromatic heterocycles. The highest BCUT2D eigenvalue weighted by atomic mass is 35.5. The number of morpholine rings is 1. The summed E-state index contributed by atoms with van der Waals surface area (Å²) < 4.78 is 17.2. The fraction of sp³-hybridized carbons (Fsp3) is 0.391. The van der Waals surface area contributed by atoms with Crippen molar-refractivity contribution in [1.29, 1.82) is 0 Å². The Kier molecular flexibility index (Phi) is 7.76. The molecule has 2 aromatic carbocycles. The summed E-state index contributed by atoms with van der Waals surface area (Å²) in [7, 11) is 0. The zero-order valence-electron chi connectivity index (χ0n) is 17.5.